The molecule has 3 N–H and O–H groups in total. The highest BCUT2D eigenvalue weighted by atomic mass is 16.3. The minimum atomic E-state index is 0.0207. The SMILES string of the molecule is Cn1cc(N)cc1C(=O)N(CCCO)C1CCC1. The van der Waals surface area contributed by atoms with Crippen molar-refractivity contribution in [1.82, 2.24) is 9.47 Å². The maximum Gasteiger partial charge on any atom is 0.270 e. The number of aromatic nitrogens is 1. The number of aliphatic hydroxyl groups excluding tert-OH is 1. The molecule has 1 heterocycles. The smallest absolute Gasteiger partial charge is 0.270 e. The van der Waals surface area contributed by atoms with Crippen molar-refractivity contribution in [3.05, 3.63) is 18.0 Å². The van der Waals surface area contributed by atoms with Crippen molar-refractivity contribution < 1.29 is 9.90 Å². The summed E-state index contributed by atoms with van der Waals surface area (Å²) in [5, 5.41) is 8.94. The lowest BCUT2D eigenvalue weighted by molar-refractivity contribution is 0.0553. The van der Waals surface area contributed by atoms with Crippen molar-refractivity contribution >= 4 is 11.6 Å². The maximum absolute atomic E-state index is 12.5. The zero-order chi connectivity index (χ0) is 13.1. The summed E-state index contributed by atoms with van der Waals surface area (Å²) >= 11 is 0. The Morgan fingerprint density at radius 3 is 2.78 bits per heavy atom. The molecule has 1 aliphatic rings. The molecule has 0 aromatic carbocycles. The number of nitrogen functional groups attached to an aromatic ring is 1. The van der Waals surface area contributed by atoms with Gasteiger partial charge in [-0.3, -0.25) is 4.79 Å². The van der Waals surface area contributed by atoms with E-state index in [9.17, 15) is 4.79 Å². The summed E-state index contributed by atoms with van der Waals surface area (Å²) in [5.41, 5.74) is 6.94. The molecule has 0 atom stereocenters. The third-order valence-corrected chi connectivity index (χ3v) is 3.58. The first-order valence-electron chi connectivity index (χ1n) is 6.47. The standard InChI is InChI=1S/C13H21N3O2/c1-15-9-10(14)8-12(15)13(18)16(6-3-7-17)11-4-2-5-11/h8-9,11,17H,2-7,14H2,1H3. The van der Waals surface area contributed by atoms with Crippen LogP contribution in [0.15, 0.2) is 12.3 Å². The van der Waals surface area contributed by atoms with Crippen molar-refractivity contribution in [2.24, 2.45) is 7.05 Å². The molecule has 0 radical (unpaired) electrons. The number of amides is 1. The second-order valence-corrected chi connectivity index (χ2v) is 4.93. The third kappa shape index (κ3) is 2.51. The fourth-order valence-electron chi connectivity index (χ4n) is 2.34. The van der Waals surface area contributed by atoms with Gasteiger partial charge in [-0.05, 0) is 31.7 Å². The van der Waals surface area contributed by atoms with E-state index in [-0.39, 0.29) is 12.5 Å². The molecule has 1 saturated carbocycles. The van der Waals surface area contributed by atoms with Gasteiger partial charge in [0.25, 0.3) is 5.91 Å². The third-order valence-electron chi connectivity index (χ3n) is 3.58. The monoisotopic (exact) mass is 251 g/mol. The summed E-state index contributed by atoms with van der Waals surface area (Å²) in [6.45, 7) is 0.733. The van der Waals surface area contributed by atoms with Crippen LogP contribution in [-0.2, 0) is 7.05 Å². The predicted octanol–water partition coefficient (Wildman–Crippen LogP) is 0.984. The van der Waals surface area contributed by atoms with Crippen LogP contribution in [0.2, 0.25) is 0 Å². The molecule has 0 aliphatic heterocycles. The topological polar surface area (TPSA) is 71.5 Å². The van der Waals surface area contributed by atoms with Crippen molar-refractivity contribution in [1.29, 1.82) is 0 Å². The van der Waals surface area contributed by atoms with Gasteiger partial charge in [0.2, 0.25) is 0 Å². The quantitative estimate of drug-likeness (QED) is 0.819. The van der Waals surface area contributed by atoms with Crippen molar-refractivity contribution in [3.8, 4) is 0 Å². The number of carbonyl (C=O) groups excluding carboxylic acids is 1. The fourth-order valence-corrected chi connectivity index (χ4v) is 2.34. The van der Waals surface area contributed by atoms with Crippen LogP contribution >= 0.6 is 0 Å². The second kappa shape index (κ2) is 5.44. The molecular weight excluding hydrogens is 230 g/mol. The van der Waals surface area contributed by atoms with E-state index in [1.807, 2.05) is 11.9 Å². The molecule has 1 aromatic rings. The molecule has 2 rings (SSSR count). The van der Waals surface area contributed by atoms with E-state index in [2.05, 4.69) is 0 Å². The number of hydrogen-bond acceptors (Lipinski definition) is 3. The lowest BCUT2D eigenvalue weighted by atomic mass is 9.91. The molecule has 0 saturated heterocycles. The first kappa shape index (κ1) is 13.0. The van der Waals surface area contributed by atoms with Crippen molar-refractivity contribution in [2.75, 3.05) is 18.9 Å². The van der Waals surface area contributed by atoms with Crippen LogP contribution < -0.4 is 5.73 Å². The number of carbonyl (C=O) groups is 1. The van der Waals surface area contributed by atoms with Gasteiger partial charge in [0.05, 0.1) is 5.69 Å². The Morgan fingerprint density at radius 2 is 2.33 bits per heavy atom. The van der Waals surface area contributed by atoms with Crippen LogP contribution in [0.1, 0.15) is 36.2 Å². The zero-order valence-electron chi connectivity index (χ0n) is 10.8. The number of aliphatic hydroxyl groups is 1. The Kier molecular flexibility index (Phi) is 3.91. The minimum Gasteiger partial charge on any atom is -0.397 e. The van der Waals surface area contributed by atoms with Crippen LogP contribution in [-0.4, -0.2) is 39.7 Å². The molecule has 1 fully saturated rings. The van der Waals surface area contributed by atoms with Gasteiger partial charge in [0.15, 0.2) is 0 Å². The van der Waals surface area contributed by atoms with Gasteiger partial charge < -0.3 is 20.3 Å². The minimum absolute atomic E-state index is 0.0207. The summed E-state index contributed by atoms with van der Waals surface area (Å²) in [6.07, 6.45) is 5.69. The zero-order valence-corrected chi connectivity index (χ0v) is 10.8. The highest BCUT2D eigenvalue weighted by Gasteiger charge is 2.30. The van der Waals surface area contributed by atoms with Crippen LogP contribution in [0.3, 0.4) is 0 Å². The van der Waals surface area contributed by atoms with Gasteiger partial charge in [-0.1, -0.05) is 0 Å². The molecule has 0 unspecified atom stereocenters. The van der Waals surface area contributed by atoms with Gasteiger partial charge in [0.1, 0.15) is 5.69 Å². The van der Waals surface area contributed by atoms with Gasteiger partial charge in [-0.2, -0.15) is 0 Å². The van der Waals surface area contributed by atoms with Crippen molar-refractivity contribution in [3.63, 3.8) is 0 Å². The van der Waals surface area contributed by atoms with Gasteiger partial charge in [-0.25, -0.2) is 0 Å². The number of anilines is 1. The van der Waals surface area contributed by atoms with E-state index >= 15 is 0 Å². The molecule has 1 amide bonds. The van der Waals surface area contributed by atoms with Crippen LogP contribution in [0, 0.1) is 0 Å². The predicted molar refractivity (Wildman–Crippen MR) is 70.2 cm³/mol. The Balaban J connectivity index is 2.13. The second-order valence-electron chi connectivity index (χ2n) is 4.93. The number of nitrogens with two attached hydrogens (primary N) is 1. The average Bonchev–Trinajstić information content (AvgIpc) is 2.60. The molecule has 5 heteroatoms. The molecule has 18 heavy (non-hydrogen) atoms. The van der Waals surface area contributed by atoms with E-state index in [1.165, 1.54) is 6.42 Å². The molecule has 1 aromatic heterocycles. The average molecular weight is 251 g/mol. The van der Waals surface area contributed by atoms with E-state index in [0.29, 0.717) is 30.4 Å². The van der Waals surface area contributed by atoms with Gasteiger partial charge in [0, 0.05) is 32.4 Å². The normalized spacial score (nSPS) is 15.4. The number of hydrogen-bond donors (Lipinski definition) is 2. The van der Waals surface area contributed by atoms with E-state index in [4.69, 9.17) is 10.8 Å². The largest absolute Gasteiger partial charge is 0.397 e. The highest BCUT2D eigenvalue weighted by Crippen LogP contribution is 2.26. The van der Waals surface area contributed by atoms with Crippen LogP contribution in [0.25, 0.3) is 0 Å². The number of rotatable bonds is 5. The maximum atomic E-state index is 12.5. The summed E-state index contributed by atoms with van der Waals surface area (Å²) in [4.78, 5) is 14.4. The molecule has 100 valence electrons. The molecule has 5 nitrogen and oxygen atoms in total. The van der Waals surface area contributed by atoms with Gasteiger partial charge in [-0.15, -0.1) is 0 Å². The highest BCUT2D eigenvalue weighted by molar-refractivity contribution is 5.94. The Bertz CT molecular complexity index is 424. The lowest BCUT2D eigenvalue weighted by Gasteiger charge is -2.37. The van der Waals surface area contributed by atoms with Crippen LogP contribution in [0.4, 0.5) is 5.69 Å². The summed E-state index contributed by atoms with van der Waals surface area (Å²) < 4.78 is 1.77. The molecular formula is C13H21N3O2. The van der Waals surface area contributed by atoms with Gasteiger partial charge >= 0.3 is 0 Å². The molecule has 0 bridgehead atoms. The van der Waals surface area contributed by atoms with E-state index < -0.39 is 0 Å². The van der Waals surface area contributed by atoms with E-state index in [0.717, 1.165) is 12.8 Å². The summed E-state index contributed by atoms with van der Waals surface area (Å²) in [6, 6.07) is 2.05. The Hall–Kier alpha value is -1.49. The Labute approximate surface area is 107 Å². The fraction of sp³-hybridized carbons (Fsp3) is 0.615. The lowest BCUT2D eigenvalue weighted by Crippen LogP contribution is -2.45. The first-order chi connectivity index (χ1) is 8.63. The summed E-state index contributed by atoms with van der Waals surface area (Å²) in [7, 11) is 1.83. The first-order valence-corrected chi connectivity index (χ1v) is 6.47. The molecule has 0 spiro atoms. The molecule has 1 aliphatic carbocycles. The van der Waals surface area contributed by atoms with E-state index in [1.54, 1.807) is 16.8 Å². The summed E-state index contributed by atoms with van der Waals surface area (Å²) in [5.74, 6) is 0.0207. The number of nitrogens with zero attached hydrogens (tertiary/aromatic N) is 2. The van der Waals surface area contributed by atoms with Crippen molar-refractivity contribution in [2.45, 2.75) is 31.7 Å². The van der Waals surface area contributed by atoms with Crippen LogP contribution in [0.5, 0.6) is 0 Å². The number of aryl methyl sites for hydroxylation is 1. The Morgan fingerprint density at radius 1 is 1.61 bits per heavy atom.